The summed E-state index contributed by atoms with van der Waals surface area (Å²) in [7, 11) is 0. The predicted molar refractivity (Wildman–Crippen MR) is 44.5 cm³/mol. The molecule has 0 aliphatic rings. The fourth-order valence-electron chi connectivity index (χ4n) is 1.21. The smallest absolute Gasteiger partial charge is 0.240 e. The predicted octanol–water partition coefficient (Wildman–Crippen LogP) is 0.425. The van der Waals surface area contributed by atoms with E-state index in [1.807, 2.05) is 0 Å². The lowest BCUT2D eigenvalue weighted by Crippen LogP contribution is -1.96. The summed E-state index contributed by atoms with van der Waals surface area (Å²) < 4.78 is 3.22. The zero-order valence-electron chi connectivity index (χ0n) is 6.29. The number of halogens is 1. The van der Waals surface area contributed by atoms with E-state index in [1.165, 1.54) is 10.8 Å². The van der Waals surface area contributed by atoms with E-state index < -0.39 is 0 Å². The second kappa shape index (κ2) is 2.17. The monoisotopic (exact) mass is 194 g/mol. The molecule has 0 spiro atoms. The Bertz CT molecular complexity index is 581. The minimum Gasteiger partial charge on any atom is -0.249 e. The van der Waals surface area contributed by atoms with Gasteiger partial charge >= 0.3 is 0 Å². The van der Waals surface area contributed by atoms with Gasteiger partial charge in [-0.1, -0.05) is 11.6 Å². The first kappa shape index (κ1) is 6.79. The van der Waals surface area contributed by atoms with Crippen LogP contribution in [0.4, 0.5) is 0 Å². The first-order valence-electron chi connectivity index (χ1n) is 3.54. The van der Waals surface area contributed by atoms with Gasteiger partial charge in [-0.25, -0.2) is 4.40 Å². The van der Waals surface area contributed by atoms with Crippen LogP contribution in [-0.2, 0) is 0 Å². The zero-order chi connectivity index (χ0) is 8.84. The maximum absolute atomic E-state index is 5.91. The molecule has 0 saturated carbocycles. The maximum Gasteiger partial charge on any atom is 0.240 e. The third-order valence-corrected chi connectivity index (χ3v) is 2.04. The van der Waals surface area contributed by atoms with Crippen molar-refractivity contribution >= 4 is 23.0 Å². The van der Waals surface area contributed by atoms with Gasteiger partial charge in [0.1, 0.15) is 17.8 Å². The van der Waals surface area contributed by atoms with Gasteiger partial charge in [0.2, 0.25) is 5.78 Å². The van der Waals surface area contributed by atoms with Crippen LogP contribution in [0.3, 0.4) is 0 Å². The molecule has 0 fully saturated rings. The lowest BCUT2D eigenvalue weighted by atomic mass is 10.6. The van der Waals surface area contributed by atoms with Gasteiger partial charge in [0.15, 0.2) is 5.65 Å². The molecule has 3 rings (SSSR count). The van der Waals surface area contributed by atoms with E-state index in [0.29, 0.717) is 16.6 Å². The van der Waals surface area contributed by atoms with Crippen LogP contribution in [0.1, 0.15) is 0 Å². The van der Waals surface area contributed by atoms with Gasteiger partial charge < -0.3 is 0 Å². The first-order valence-corrected chi connectivity index (χ1v) is 3.92. The summed E-state index contributed by atoms with van der Waals surface area (Å²) in [5, 5.41) is 12.0. The Morgan fingerprint density at radius 2 is 2.31 bits per heavy atom. The average molecular weight is 195 g/mol. The van der Waals surface area contributed by atoms with Crippen LogP contribution in [0.5, 0.6) is 0 Å². The van der Waals surface area contributed by atoms with E-state index in [4.69, 9.17) is 11.6 Å². The standard InChI is InChI=1S/C6H3ClN6/c7-4-1-5-11-9-3-12(5)6-8-2-10-13(4)6/h1-3H. The van der Waals surface area contributed by atoms with Crippen molar-refractivity contribution < 1.29 is 0 Å². The number of rotatable bonds is 0. The second-order valence-corrected chi connectivity index (χ2v) is 2.89. The summed E-state index contributed by atoms with van der Waals surface area (Å²) in [5.41, 5.74) is 0.658. The molecule has 3 aromatic heterocycles. The van der Waals surface area contributed by atoms with Crippen molar-refractivity contribution in [2.24, 2.45) is 0 Å². The largest absolute Gasteiger partial charge is 0.249 e. The molecule has 0 aliphatic carbocycles. The summed E-state index contributed by atoms with van der Waals surface area (Å²) in [6.07, 6.45) is 3.00. The van der Waals surface area contributed by atoms with Crippen LogP contribution in [0.15, 0.2) is 18.7 Å². The van der Waals surface area contributed by atoms with Crippen LogP contribution < -0.4 is 0 Å². The molecule has 64 valence electrons. The number of hydrogen-bond donors (Lipinski definition) is 0. The van der Waals surface area contributed by atoms with E-state index in [2.05, 4.69) is 20.3 Å². The SMILES string of the molecule is Clc1cc2nncn2c2ncnn12. The summed E-state index contributed by atoms with van der Waals surface area (Å²) in [6.45, 7) is 0. The number of fused-ring (bicyclic) bond motifs is 3. The Labute approximate surface area is 76.8 Å². The van der Waals surface area contributed by atoms with E-state index in [0.717, 1.165) is 0 Å². The molecule has 0 atom stereocenters. The number of hydrogen-bond acceptors (Lipinski definition) is 4. The molecule has 3 aromatic rings. The molecule has 0 saturated heterocycles. The van der Waals surface area contributed by atoms with Crippen molar-refractivity contribution in [3.63, 3.8) is 0 Å². The number of aromatic nitrogens is 6. The molecule has 3 heterocycles. The van der Waals surface area contributed by atoms with Crippen molar-refractivity contribution in [2.45, 2.75) is 0 Å². The zero-order valence-corrected chi connectivity index (χ0v) is 7.05. The highest BCUT2D eigenvalue weighted by Crippen LogP contribution is 2.12. The summed E-state index contributed by atoms with van der Waals surface area (Å²) in [5.74, 6) is 0.604. The lowest BCUT2D eigenvalue weighted by Gasteiger charge is -1.96. The molecule has 0 N–H and O–H groups in total. The van der Waals surface area contributed by atoms with Gasteiger partial charge in [-0.3, -0.25) is 0 Å². The molecule has 0 aliphatic heterocycles. The number of nitrogens with zero attached hydrogens (tertiary/aromatic N) is 6. The first-order chi connectivity index (χ1) is 6.36. The Hall–Kier alpha value is -1.69. The van der Waals surface area contributed by atoms with E-state index in [9.17, 15) is 0 Å². The highest BCUT2D eigenvalue weighted by atomic mass is 35.5. The molecule has 0 unspecified atom stereocenters. The molecular formula is C6H3ClN6. The van der Waals surface area contributed by atoms with Crippen molar-refractivity contribution in [3.8, 4) is 0 Å². The Morgan fingerprint density at radius 1 is 1.38 bits per heavy atom. The quantitative estimate of drug-likeness (QED) is 0.487. The van der Waals surface area contributed by atoms with Crippen molar-refractivity contribution in [1.82, 2.24) is 29.2 Å². The summed E-state index contributed by atoms with van der Waals surface area (Å²) >= 11 is 5.91. The topological polar surface area (TPSA) is 60.4 Å². The van der Waals surface area contributed by atoms with Gasteiger partial charge in [0.05, 0.1) is 0 Å². The van der Waals surface area contributed by atoms with E-state index in [1.54, 1.807) is 16.8 Å². The Balaban J connectivity index is 2.70. The highest BCUT2D eigenvalue weighted by molar-refractivity contribution is 6.30. The fraction of sp³-hybridized carbons (Fsp3) is 0. The van der Waals surface area contributed by atoms with Crippen LogP contribution >= 0.6 is 11.6 Å². The second-order valence-electron chi connectivity index (χ2n) is 2.50. The third kappa shape index (κ3) is 0.775. The van der Waals surface area contributed by atoms with Gasteiger partial charge in [-0.05, 0) is 0 Å². The van der Waals surface area contributed by atoms with Gasteiger partial charge in [0.25, 0.3) is 0 Å². The molecule has 0 amide bonds. The Morgan fingerprint density at radius 3 is 3.23 bits per heavy atom. The molecular weight excluding hydrogens is 192 g/mol. The summed E-state index contributed by atoms with van der Waals surface area (Å²) in [4.78, 5) is 4.03. The minimum atomic E-state index is 0.466. The van der Waals surface area contributed by atoms with Gasteiger partial charge in [0, 0.05) is 6.07 Å². The molecule has 7 heteroatoms. The van der Waals surface area contributed by atoms with Crippen molar-refractivity contribution in [1.29, 1.82) is 0 Å². The van der Waals surface area contributed by atoms with Gasteiger partial charge in [-0.15, -0.1) is 10.2 Å². The molecule has 13 heavy (non-hydrogen) atoms. The maximum atomic E-state index is 5.91. The van der Waals surface area contributed by atoms with Gasteiger partial charge in [-0.2, -0.15) is 14.6 Å². The normalized spacial score (nSPS) is 11.5. The Kier molecular flexibility index (Phi) is 1.13. The lowest BCUT2D eigenvalue weighted by molar-refractivity contribution is 0.928. The molecule has 0 radical (unpaired) electrons. The van der Waals surface area contributed by atoms with Crippen molar-refractivity contribution in [3.05, 3.63) is 23.9 Å². The molecule has 0 bridgehead atoms. The fourth-order valence-corrected chi connectivity index (χ4v) is 1.43. The van der Waals surface area contributed by atoms with E-state index in [-0.39, 0.29) is 0 Å². The third-order valence-electron chi connectivity index (χ3n) is 1.77. The molecule has 6 nitrogen and oxygen atoms in total. The van der Waals surface area contributed by atoms with Crippen LogP contribution in [-0.4, -0.2) is 29.2 Å². The van der Waals surface area contributed by atoms with Crippen LogP contribution in [0.25, 0.3) is 11.4 Å². The minimum absolute atomic E-state index is 0.466. The average Bonchev–Trinajstić information content (AvgIpc) is 2.66. The summed E-state index contributed by atoms with van der Waals surface area (Å²) in [6, 6.07) is 1.68. The van der Waals surface area contributed by atoms with Crippen molar-refractivity contribution in [2.75, 3.05) is 0 Å². The van der Waals surface area contributed by atoms with E-state index >= 15 is 0 Å². The molecule has 0 aromatic carbocycles. The van der Waals surface area contributed by atoms with Crippen LogP contribution in [0.2, 0.25) is 5.15 Å². The highest BCUT2D eigenvalue weighted by Gasteiger charge is 2.06. The van der Waals surface area contributed by atoms with Crippen LogP contribution in [0, 0.1) is 0 Å².